The molecule has 7 heteroatoms. The van der Waals surface area contributed by atoms with E-state index in [-0.39, 0.29) is 17.6 Å². The molecule has 0 bridgehead atoms. The number of aryl methyl sites for hydroxylation is 1. The molecule has 1 aromatic heterocycles. The second-order valence-electron chi connectivity index (χ2n) is 9.00. The SMILES string of the molecule is COC(=O)c1ccc(C=c2sc3n(c2=O)[C@H](c2ccc(SC)cc2)C2=C(N=3)c3ccccc3CC2)cc1. The van der Waals surface area contributed by atoms with Gasteiger partial charge in [0, 0.05) is 10.5 Å². The van der Waals surface area contributed by atoms with Gasteiger partial charge in [0.15, 0.2) is 4.80 Å². The summed E-state index contributed by atoms with van der Waals surface area (Å²) in [4.78, 5) is 32.6. The molecule has 1 aliphatic carbocycles. The molecule has 0 saturated heterocycles. The van der Waals surface area contributed by atoms with Crippen molar-refractivity contribution < 1.29 is 9.53 Å². The van der Waals surface area contributed by atoms with Crippen molar-refractivity contribution in [3.8, 4) is 0 Å². The van der Waals surface area contributed by atoms with Crippen LogP contribution < -0.4 is 14.9 Å². The Kier molecular flexibility index (Phi) is 6.18. The summed E-state index contributed by atoms with van der Waals surface area (Å²) in [6.45, 7) is 0. The molecule has 0 fully saturated rings. The fraction of sp³-hybridized carbons (Fsp3) is 0.167. The van der Waals surface area contributed by atoms with E-state index in [0.717, 1.165) is 35.2 Å². The van der Waals surface area contributed by atoms with Gasteiger partial charge in [-0.1, -0.05) is 59.9 Å². The summed E-state index contributed by atoms with van der Waals surface area (Å²) in [6.07, 6.45) is 5.73. The van der Waals surface area contributed by atoms with Crippen LogP contribution in [0.3, 0.4) is 0 Å². The number of thioether (sulfide) groups is 1. The molecule has 2 heterocycles. The minimum Gasteiger partial charge on any atom is -0.465 e. The number of ether oxygens (including phenoxy) is 1. The van der Waals surface area contributed by atoms with Gasteiger partial charge < -0.3 is 4.74 Å². The van der Waals surface area contributed by atoms with Gasteiger partial charge in [-0.2, -0.15) is 0 Å². The largest absolute Gasteiger partial charge is 0.465 e. The molecule has 0 radical (unpaired) electrons. The molecule has 0 N–H and O–H groups in total. The number of allylic oxidation sites excluding steroid dienone is 1. The standard InChI is InChI=1S/C30H24N2O3S2/c1-35-29(34)21-9-7-18(8-10-21)17-25-28(33)32-27(20-11-14-22(36-2)15-12-20)24-16-13-19-5-3-4-6-23(19)26(24)31-30(32)37-25/h3-12,14-15,17,27H,13,16H2,1-2H3/t27-/m1/s1. The van der Waals surface area contributed by atoms with E-state index in [0.29, 0.717) is 14.9 Å². The Balaban J connectivity index is 1.54. The fourth-order valence-corrected chi connectivity index (χ4v) is 6.50. The number of rotatable bonds is 4. The lowest BCUT2D eigenvalue weighted by Gasteiger charge is -2.30. The van der Waals surface area contributed by atoms with Crippen LogP contribution in [0.25, 0.3) is 11.8 Å². The number of carbonyl (C=O) groups excluding carboxylic acids is 1. The predicted molar refractivity (Wildman–Crippen MR) is 149 cm³/mol. The molecule has 3 aromatic carbocycles. The van der Waals surface area contributed by atoms with Crippen molar-refractivity contribution in [3.05, 3.63) is 126 Å². The van der Waals surface area contributed by atoms with Gasteiger partial charge in [0.05, 0.1) is 28.9 Å². The molecule has 1 atom stereocenters. The molecular formula is C30H24N2O3S2. The molecule has 2 aliphatic rings. The summed E-state index contributed by atoms with van der Waals surface area (Å²) in [5.41, 5.74) is 7.00. The first kappa shape index (κ1) is 23.7. The van der Waals surface area contributed by atoms with Crippen LogP contribution in [-0.2, 0) is 11.2 Å². The van der Waals surface area contributed by atoms with Gasteiger partial charge in [0.1, 0.15) is 0 Å². The third kappa shape index (κ3) is 4.18. The lowest BCUT2D eigenvalue weighted by molar-refractivity contribution is 0.0600. The highest BCUT2D eigenvalue weighted by atomic mass is 32.2. The highest BCUT2D eigenvalue weighted by Gasteiger charge is 2.32. The summed E-state index contributed by atoms with van der Waals surface area (Å²) in [5, 5.41) is 0. The van der Waals surface area contributed by atoms with Crippen molar-refractivity contribution >= 4 is 40.8 Å². The van der Waals surface area contributed by atoms with E-state index in [1.165, 1.54) is 34.5 Å². The van der Waals surface area contributed by atoms with Crippen LogP contribution in [0.15, 0.2) is 93.1 Å². The van der Waals surface area contributed by atoms with Crippen LogP contribution in [-0.4, -0.2) is 23.9 Å². The zero-order valence-corrected chi connectivity index (χ0v) is 22.1. The van der Waals surface area contributed by atoms with Gasteiger partial charge in [-0.3, -0.25) is 9.36 Å². The lowest BCUT2D eigenvalue weighted by Crippen LogP contribution is -2.38. The molecule has 4 aromatic rings. The van der Waals surface area contributed by atoms with Crippen molar-refractivity contribution in [1.29, 1.82) is 0 Å². The molecule has 5 nitrogen and oxygen atoms in total. The number of nitrogens with zero attached hydrogens (tertiary/aromatic N) is 2. The van der Waals surface area contributed by atoms with Crippen LogP contribution >= 0.6 is 23.1 Å². The van der Waals surface area contributed by atoms with E-state index in [9.17, 15) is 9.59 Å². The maximum Gasteiger partial charge on any atom is 0.337 e. The Morgan fingerprint density at radius 2 is 1.81 bits per heavy atom. The van der Waals surface area contributed by atoms with Crippen molar-refractivity contribution in [3.63, 3.8) is 0 Å². The summed E-state index contributed by atoms with van der Waals surface area (Å²) in [6, 6.07) is 23.8. The van der Waals surface area contributed by atoms with E-state index >= 15 is 0 Å². The maximum atomic E-state index is 13.8. The molecule has 0 spiro atoms. The van der Waals surface area contributed by atoms with Crippen molar-refractivity contribution in [2.24, 2.45) is 4.99 Å². The van der Waals surface area contributed by atoms with Gasteiger partial charge in [0.25, 0.3) is 5.56 Å². The van der Waals surface area contributed by atoms with Crippen molar-refractivity contribution in [2.45, 2.75) is 23.8 Å². The van der Waals surface area contributed by atoms with Crippen molar-refractivity contribution in [1.82, 2.24) is 4.57 Å². The van der Waals surface area contributed by atoms with Gasteiger partial charge in [-0.15, -0.1) is 11.8 Å². The Bertz CT molecular complexity index is 1730. The lowest BCUT2D eigenvalue weighted by atomic mass is 9.83. The first-order chi connectivity index (χ1) is 18.1. The summed E-state index contributed by atoms with van der Waals surface area (Å²) in [7, 11) is 1.36. The van der Waals surface area contributed by atoms with Gasteiger partial charge in [-0.05, 0) is 71.7 Å². The second-order valence-corrected chi connectivity index (χ2v) is 10.9. The summed E-state index contributed by atoms with van der Waals surface area (Å²) in [5.74, 6) is -0.385. The van der Waals surface area contributed by atoms with E-state index < -0.39 is 0 Å². The molecule has 1 aliphatic heterocycles. The van der Waals surface area contributed by atoms with Gasteiger partial charge in [-0.25, -0.2) is 9.79 Å². The third-order valence-electron chi connectivity index (χ3n) is 6.93. The Labute approximate surface area is 222 Å². The molecular weight excluding hydrogens is 500 g/mol. The Morgan fingerprint density at radius 1 is 1.05 bits per heavy atom. The van der Waals surface area contributed by atoms with Gasteiger partial charge in [0.2, 0.25) is 0 Å². The van der Waals surface area contributed by atoms with Crippen LogP contribution in [0.5, 0.6) is 0 Å². The molecule has 0 saturated carbocycles. The fourth-order valence-electron chi connectivity index (χ4n) is 5.09. The zero-order chi connectivity index (χ0) is 25.5. The highest BCUT2D eigenvalue weighted by Crippen LogP contribution is 2.41. The van der Waals surface area contributed by atoms with Gasteiger partial charge >= 0.3 is 5.97 Å². The topological polar surface area (TPSA) is 60.7 Å². The second kappa shape index (κ2) is 9.65. The summed E-state index contributed by atoms with van der Waals surface area (Å²) < 4.78 is 7.27. The first-order valence-electron chi connectivity index (χ1n) is 12.0. The smallest absolute Gasteiger partial charge is 0.337 e. The minimum atomic E-state index is -0.385. The number of benzene rings is 3. The monoisotopic (exact) mass is 524 g/mol. The highest BCUT2D eigenvalue weighted by molar-refractivity contribution is 7.98. The molecule has 6 rings (SSSR count). The predicted octanol–water partition coefficient (Wildman–Crippen LogP) is 4.83. The number of aromatic nitrogens is 1. The Hall–Kier alpha value is -3.68. The normalized spacial score (nSPS) is 16.5. The number of esters is 1. The zero-order valence-electron chi connectivity index (χ0n) is 20.4. The molecule has 0 unspecified atom stereocenters. The average molecular weight is 525 g/mol. The van der Waals surface area contributed by atoms with Crippen LogP contribution in [0.1, 0.15) is 45.1 Å². The number of hydrogen-bond acceptors (Lipinski definition) is 6. The average Bonchev–Trinajstić information content (AvgIpc) is 3.26. The van der Waals surface area contributed by atoms with Crippen LogP contribution in [0.2, 0.25) is 0 Å². The molecule has 184 valence electrons. The number of carbonyl (C=O) groups is 1. The van der Waals surface area contributed by atoms with Crippen LogP contribution in [0, 0.1) is 0 Å². The maximum absolute atomic E-state index is 13.8. The Morgan fingerprint density at radius 3 is 2.54 bits per heavy atom. The number of hydrogen-bond donors (Lipinski definition) is 0. The number of fused-ring (bicyclic) bond motifs is 3. The number of thiazole rings is 1. The van der Waals surface area contributed by atoms with Crippen molar-refractivity contribution in [2.75, 3.05) is 13.4 Å². The molecule has 0 amide bonds. The third-order valence-corrected chi connectivity index (χ3v) is 8.66. The van der Waals surface area contributed by atoms with E-state index in [2.05, 4.69) is 54.8 Å². The van der Waals surface area contributed by atoms with Crippen LogP contribution in [0.4, 0.5) is 0 Å². The van der Waals surface area contributed by atoms with E-state index in [4.69, 9.17) is 9.73 Å². The van der Waals surface area contributed by atoms with E-state index in [1.807, 2.05) is 22.8 Å². The minimum absolute atomic E-state index is 0.0508. The molecule has 37 heavy (non-hydrogen) atoms. The summed E-state index contributed by atoms with van der Waals surface area (Å²) >= 11 is 3.11. The quantitative estimate of drug-likeness (QED) is 0.284. The van der Waals surface area contributed by atoms with E-state index in [1.54, 1.807) is 23.9 Å². The number of methoxy groups -OCH3 is 1. The first-order valence-corrected chi connectivity index (χ1v) is 14.1.